The number of aliphatic imine (C=N–C) groups is 1. The number of pyridine rings is 1. The first-order valence-electron chi connectivity index (χ1n) is 7.89. The van der Waals surface area contributed by atoms with Crippen molar-refractivity contribution in [1.29, 1.82) is 0 Å². The molecule has 0 saturated carbocycles. The highest BCUT2D eigenvalue weighted by Gasteiger charge is 2.22. The predicted molar refractivity (Wildman–Crippen MR) is 111 cm³/mol. The van der Waals surface area contributed by atoms with Crippen molar-refractivity contribution in [3.05, 3.63) is 45.4 Å². The van der Waals surface area contributed by atoms with Crippen molar-refractivity contribution in [2.24, 2.45) is 4.99 Å². The number of ether oxygens (including phenoxy) is 1. The molecule has 3 aromatic rings. The molecule has 0 amide bonds. The molecule has 7 heteroatoms. The molecule has 5 nitrogen and oxygen atoms in total. The summed E-state index contributed by atoms with van der Waals surface area (Å²) in [4.78, 5) is 24.5. The zero-order valence-electron chi connectivity index (χ0n) is 14.9. The van der Waals surface area contributed by atoms with Gasteiger partial charge < -0.3 is 9.64 Å². The molecule has 3 rings (SSSR count). The smallest absolute Gasteiger partial charge is 0.350 e. The van der Waals surface area contributed by atoms with E-state index in [0.29, 0.717) is 10.6 Å². The Kier molecular flexibility index (Phi) is 5.38. The molecule has 0 unspecified atom stereocenters. The van der Waals surface area contributed by atoms with E-state index in [-0.39, 0.29) is 0 Å². The molecule has 0 spiro atoms. The molecule has 0 aliphatic heterocycles. The lowest BCUT2D eigenvalue weighted by molar-refractivity contribution is 0.0607. The van der Waals surface area contributed by atoms with Crippen LogP contribution >= 0.6 is 27.3 Å². The van der Waals surface area contributed by atoms with Crippen LogP contribution in [0.1, 0.15) is 15.4 Å². The van der Waals surface area contributed by atoms with Crippen LogP contribution in [0.4, 0.5) is 5.69 Å². The molecule has 26 heavy (non-hydrogen) atoms. The van der Waals surface area contributed by atoms with E-state index in [4.69, 9.17) is 4.74 Å². The van der Waals surface area contributed by atoms with Crippen LogP contribution in [0.15, 0.2) is 39.8 Å². The minimum atomic E-state index is -0.404. The fourth-order valence-electron chi connectivity index (χ4n) is 2.59. The molecule has 2 heterocycles. The Hall–Kier alpha value is -2.25. The number of thiophene rings is 1. The fourth-order valence-corrected chi connectivity index (χ4v) is 3.96. The van der Waals surface area contributed by atoms with Gasteiger partial charge in [0, 0.05) is 29.6 Å². The van der Waals surface area contributed by atoms with E-state index in [1.807, 2.05) is 56.3 Å². The van der Waals surface area contributed by atoms with Gasteiger partial charge in [0.15, 0.2) is 0 Å². The maximum Gasteiger partial charge on any atom is 0.350 e. The molecule has 0 fully saturated rings. The van der Waals surface area contributed by atoms with E-state index in [2.05, 4.69) is 25.9 Å². The Bertz CT molecular complexity index is 994. The summed E-state index contributed by atoms with van der Waals surface area (Å²) in [5.41, 5.74) is 3.52. The van der Waals surface area contributed by atoms with Gasteiger partial charge in [0.1, 0.15) is 15.4 Å². The molecule has 0 aliphatic rings. The van der Waals surface area contributed by atoms with Crippen LogP contribution in [0.25, 0.3) is 21.3 Å². The summed E-state index contributed by atoms with van der Waals surface area (Å²) in [6.45, 7) is 1.95. The summed E-state index contributed by atoms with van der Waals surface area (Å²) >= 11 is 4.78. The largest absolute Gasteiger partial charge is 0.465 e. The number of aryl methyl sites for hydroxylation is 1. The second-order valence-electron chi connectivity index (χ2n) is 5.98. The van der Waals surface area contributed by atoms with Gasteiger partial charge in [-0.15, -0.1) is 11.3 Å². The van der Waals surface area contributed by atoms with Gasteiger partial charge in [0.05, 0.1) is 13.4 Å². The average Bonchev–Trinajstić information content (AvgIpc) is 2.97. The van der Waals surface area contributed by atoms with E-state index in [1.54, 1.807) is 6.34 Å². The van der Waals surface area contributed by atoms with E-state index in [0.717, 1.165) is 31.5 Å². The highest BCUT2D eigenvalue weighted by atomic mass is 79.9. The van der Waals surface area contributed by atoms with Gasteiger partial charge in [-0.2, -0.15) is 0 Å². The van der Waals surface area contributed by atoms with Gasteiger partial charge in [-0.25, -0.2) is 14.8 Å². The predicted octanol–water partition coefficient (Wildman–Crippen LogP) is 5.04. The number of halogens is 1. The van der Waals surface area contributed by atoms with Crippen molar-refractivity contribution in [2.45, 2.75) is 6.92 Å². The Balaban J connectivity index is 2.35. The van der Waals surface area contributed by atoms with E-state index >= 15 is 0 Å². The quantitative estimate of drug-likeness (QED) is 0.329. The molecule has 1 aromatic carbocycles. The summed E-state index contributed by atoms with van der Waals surface area (Å²) in [5, 5.41) is 0.862. The maximum absolute atomic E-state index is 12.3. The van der Waals surface area contributed by atoms with E-state index in [9.17, 15) is 4.79 Å². The number of carbonyl (C=O) groups excluding carboxylic acids is 1. The second-order valence-corrected chi connectivity index (χ2v) is 7.89. The third kappa shape index (κ3) is 3.64. The third-order valence-electron chi connectivity index (χ3n) is 3.71. The number of benzene rings is 1. The lowest BCUT2D eigenvalue weighted by Crippen LogP contribution is -2.07. The number of carbonyl (C=O) groups is 1. The Morgan fingerprint density at radius 2 is 2.00 bits per heavy atom. The fraction of sp³-hybridized carbons (Fsp3) is 0.211. The van der Waals surface area contributed by atoms with Gasteiger partial charge in [-0.1, -0.05) is 28.1 Å². The van der Waals surface area contributed by atoms with E-state index < -0.39 is 5.97 Å². The molecule has 0 N–H and O–H groups in total. The van der Waals surface area contributed by atoms with Crippen LogP contribution in [-0.4, -0.2) is 43.4 Å². The van der Waals surface area contributed by atoms with Crippen molar-refractivity contribution >= 4 is 55.5 Å². The van der Waals surface area contributed by atoms with Gasteiger partial charge in [-0.05, 0) is 36.2 Å². The summed E-state index contributed by atoms with van der Waals surface area (Å²) in [7, 11) is 5.14. The minimum absolute atomic E-state index is 0.404. The number of methoxy groups -OCH3 is 1. The van der Waals surface area contributed by atoms with E-state index in [1.165, 1.54) is 18.4 Å². The lowest BCUT2D eigenvalue weighted by atomic mass is 10.0. The zero-order valence-corrected chi connectivity index (χ0v) is 17.3. The highest BCUT2D eigenvalue weighted by molar-refractivity contribution is 9.10. The summed E-state index contributed by atoms with van der Waals surface area (Å²) in [5.74, 6) is -0.404. The first kappa shape index (κ1) is 18.5. The maximum atomic E-state index is 12.3. The molecule has 134 valence electrons. The molecule has 2 aromatic heterocycles. The molecule has 0 saturated heterocycles. The molecular weight excluding hydrogens is 414 g/mol. The zero-order chi connectivity index (χ0) is 18.8. The summed E-state index contributed by atoms with van der Waals surface area (Å²) in [6.07, 6.45) is 1.68. The van der Waals surface area contributed by atoms with Crippen LogP contribution in [0.3, 0.4) is 0 Å². The normalized spacial score (nSPS) is 11.3. The topological polar surface area (TPSA) is 54.8 Å². The number of aromatic nitrogens is 1. The first-order valence-corrected chi connectivity index (χ1v) is 9.50. The number of fused-ring (bicyclic) bond motifs is 1. The monoisotopic (exact) mass is 431 g/mol. The molecule has 0 atom stereocenters. The second kappa shape index (κ2) is 7.55. The number of rotatable bonds is 4. The summed E-state index contributed by atoms with van der Waals surface area (Å²) in [6, 6.07) is 10.1. The average molecular weight is 432 g/mol. The Morgan fingerprint density at radius 1 is 1.31 bits per heavy atom. The number of hydrogen-bond donors (Lipinski definition) is 0. The van der Waals surface area contributed by atoms with Crippen LogP contribution in [0.5, 0.6) is 0 Å². The van der Waals surface area contributed by atoms with Crippen molar-refractivity contribution in [3.63, 3.8) is 0 Å². The first-order chi connectivity index (χ1) is 12.4. The van der Waals surface area contributed by atoms with Gasteiger partial charge in [-0.3, -0.25) is 0 Å². The summed E-state index contributed by atoms with van der Waals surface area (Å²) < 4.78 is 5.96. The minimum Gasteiger partial charge on any atom is -0.465 e. The van der Waals surface area contributed by atoms with Crippen molar-refractivity contribution in [1.82, 2.24) is 9.88 Å². The number of esters is 1. The highest BCUT2D eigenvalue weighted by Crippen LogP contribution is 2.43. The molecule has 0 bridgehead atoms. The Labute approximate surface area is 164 Å². The van der Waals surface area contributed by atoms with Gasteiger partial charge >= 0.3 is 5.97 Å². The molecular formula is C19H18BrN3O2S. The van der Waals surface area contributed by atoms with Crippen molar-refractivity contribution < 1.29 is 9.53 Å². The number of nitrogens with zero attached hydrogens (tertiary/aromatic N) is 3. The lowest BCUT2D eigenvalue weighted by Gasteiger charge is -2.08. The SMILES string of the molecule is COC(=O)c1sc2nc(C)cc(-c3ccc(Br)cc3)c2c1N=CN(C)C. The van der Waals surface area contributed by atoms with Crippen LogP contribution in [0, 0.1) is 6.92 Å². The van der Waals surface area contributed by atoms with Crippen LogP contribution < -0.4 is 0 Å². The standard InChI is InChI=1S/C19H18BrN3O2S/c1-11-9-14(12-5-7-13(20)8-6-12)15-16(21-10-23(2)3)17(19(24)25-4)26-18(15)22-11/h5-10H,1-4H3. The van der Waals surface area contributed by atoms with Crippen LogP contribution in [-0.2, 0) is 4.74 Å². The third-order valence-corrected chi connectivity index (χ3v) is 5.29. The molecule has 0 radical (unpaired) electrons. The van der Waals surface area contributed by atoms with Gasteiger partial charge in [0.25, 0.3) is 0 Å². The van der Waals surface area contributed by atoms with Crippen LogP contribution in [0.2, 0.25) is 0 Å². The Morgan fingerprint density at radius 3 is 2.62 bits per heavy atom. The van der Waals surface area contributed by atoms with Gasteiger partial charge in [0.2, 0.25) is 0 Å². The van der Waals surface area contributed by atoms with Crippen molar-refractivity contribution in [2.75, 3.05) is 21.2 Å². The molecule has 0 aliphatic carbocycles. The number of hydrogen-bond acceptors (Lipinski definition) is 5. The van der Waals surface area contributed by atoms with Crippen molar-refractivity contribution in [3.8, 4) is 11.1 Å².